The molecule has 1 fully saturated rings. The Kier molecular flexibility index (Phi) is 6.72. The lowest BCUT2D eigenvalue weighted by Gasteiger charge is -2.37. The molecule has 1 aliphatic rings. The second-order valence-electron chi connectivity index (χ2n) is 7.76. The molecule has 2 atom stereocenters. The monoisotopic (exact) mass is 453 g/mol. The van der Waals surface area contributed by atoms with Gasteiger partial charge in [-0.15, -0.1) is 0 Å². The first-order chi connectivity index (χ1) is 13.6. The van der Waals surface area contributed by atoms with E-state index in [0.29, 0.717) is 12.1 Å². The molecule has 1 saturated heterocycles. The van der Waals surface area contributed by atoms with Crippen molar-refractivity contribution >= 4 is 22.2 Å². The van der Waals surface area contributed by atoms with Crippen molar-refractivity contribution in [3.8, 4) is 0 Å². The molecule has 8 nitrogen and oxygen atoms in total. The van der Waals surface area contributed by atoms with Gasteiger partial charge in [-0.3, -0.25) is 9.08 Å². The third-order valence-electron chi connectivity index (χ3n) is 4.18. The van der Waals surface area contributed by atoms with Crippen LogP contribution in [0.2, 0.25) is 0 Å². The van der Waals surface area contributed by atoms with Gasteiger partial charge in [0, 0.05) is 0 Å². The van der Waals surface area contributed by atoms with Crippen LogP contribution in [0.3, 0.4) is 0 Å². The third-order valence-corrected chi connectivity index (χ3v) is 5.56. The molecule has 30 heavy (non-hydrogen) atoms. The van der Waals surface area contributed by atoms with Crippen LogP contribution >= 0.6 is 0 Å². The van der Waals surface area contributed by atoms with Gasteiger partial charge in [-0.1, -0.05) is 0 Å². The van der Waals surface area contributed by atoms with E-state index in [1.54, 1.807) is 20.8 Å². The fraction of sp³-hybridized carbons (Fsp3) is 0.556. The topological polar surface area (TPSA) is 110 Å². The largest absolute Gasteiger partial charge is 0.480 e. The summed E-state index contributed by atoms with van der Waals surface area (Å²) in [6, 6.07) is 1.56. The SMILES string of the molecule is CC(C)(C)OC(=O)N1CC(OS(=O)(=O)c2ccc(C(F)(F)F)cc2)CCC1C(=O)O. The third kappa shape index (κ3) is 6.08. The van der Waals surface area contributed by atoms with E-state index in [0.717, 1.165) is 17.0 Å². The second kappa shape index (κ2) is 8.42. The summed E-state index contributed by atoms with van der Waals surface area (Å²) >= 11 is 0. The highest BCUT2D eigenvalue weighted by Gasteiger charge is 2.40. The van der Waals surface area contributed by atoms with Crippen molar-refractivity contribution in [2.75, 3.05) is 6.54 Å². The molecule has 0 aromatic heterocycles. The van der Waals surface area contributed by atoms with E-state index in [1.807, 2.05) is 0 Å². The molecule has 1 aromatic rings. The predicted molar refractivity (Wildman–Crippen MR) is 97.1 cm³/mol. The first-order valence-electron chi connectivity index (χ1n) is 8.93. The number of benzene rings is 1. The molecule has 0 saturated carbocycles. The van der Waals surface area contributed by atoms with Crippen molar-refractivity contribution in [3.63, 3.8) is 0 Å². The lowest BCUT2D eigenvalue weighted by molar-refractivity contribution is -0.145. The number of halogens is 3. The van der Waals surface area contributed by atoms with E-state index in [9.17, 15) is 36.3 Å². The van der Waals surface area contributed by atoms with Crippen molar-refractivity contribution in [1.82, 2.24) is 4.90 Å². The summed E-state index contributed by atoms with van der Waals surface area (Å²) in [6.07, 6.45) is -6.71. The Morgan fingerprint density at radius 3 is 2.13 bits per heavy atom. The molecule has 1 heterocycles. The minimum Gasteiger partial charge on any atom is -0.480 e. The molecule has 0 radical (unpaired) electrons. The number of piperidine rings is 1. The maximum absolute atomic E-state index is 12.6. The Hall–Kier alpha value is -2.34. The summed E-state index contributed by atoms with van der Waals surface area (Å²) in [5.41, 5.74) is -1.92. The number of carbonyl (C=O) groups is 2. The van der Waals surface area contributed by atoms with Crippen LogP contribution in [0.5, 0.6) is 0 Å². The molecule has 0 aliphatic carbocycles. The Morgan fingerprint density at radius 1 is 1.10 bits per heavy atom. The highest BCUT2D eigenvalue weighted by molar-refractivity contribution is 7.86. The molecule has 12 heteroatoms. The molecule has 1 aliphatic heterocycles. The van der Waals surface area contributed by atoms with Crippen molar-refractivity contribution in [1.29, 1.82) is 0 Å². The van der Waals surface area contributed by atoms with Crippen LogP contribution in [-0.2, 0) is 30.0 Å². The van der Waals surface area contributed by atoms with E-state index in [-0.39, 0.29) is 19.4 Å². The molecule has 1 amide bonds. The number of alkyl halides is 3. The van der Waals surface area contributed by atoms with Crippen LogP contribution in [-0.4, -0.2) is 54.8 Å². The molecule has 168 valence electrons. The molecular weight excluding hydrogens is 431 g/mol. The summed E-state index contributed by atoms with van der Waals surface area (Å²) in [7, 11) is -4.44. The molecular formula is C18H22F3NO7S. The maximum atomic E-state index is 12.6. The van der Waals surface area contributed by atoms with Gasteiger partial charge in [-0.25, -0.2) is 9.59 Å². The number of carboxylic acid groups (broad SMARTS) is 1. The number of hydrogen-bond acceptors (Lipinski definition) is 6. The molecule has 2 rings (SSSR count). The number of aliphatic carboxylic acids is 1. The Morgan fingerprint density at radius 2 is 1.67 bits per heavy atom. The highest BCUT2D eigenvalue weighted by Crippen LogP contribution is 2.31. The van der Waals surface area contributed by atoms with Gasteiger partial charge in [0.15, 0.2) is 0 Å². The molecule has 2 unspecified atom stereocenters. The van der Waals surface area contributed by atoms with E-state index in [2.05, 4.69) is 0 Å². The Labute approximate surface area is 171 Å². The van der Waals surface area contributed by atoms with E-state index in [4.69, 9.17) is 8.92 Å². The minimum absolute atomic E-state index is 0.0100. The van der Waals surface area contributed by atoms with Crippen molar-refractivity contribution in [2.45, 2.75) is 62.4 Å². The van der Waals surface area contributed by atoms with Gasteiger partial charge in [0.05, 0.1) is 23.1 Å². The van der Waals surface area contributed by atoms with Crippen molar-refractivity contribution in [2.24, 2.45) is 0 Å². The summed E-state index contributed by atoms with van der Waals surface area (Å²) in [5.74, 6) is -1.27. The Balaban J connectivity index is 2.17. The predicted octanol–water partition coefficient (Wildman–Crippen LogP) is 3.26. The van der Waals surface area contributed by atoms with E-state index >= 15 is 0 Å². The summed E-state index contributed by atoms with van der Waals surface area (Å²) in [5, 5.41) is 9.34. The fourth-order valence-electron chi connectivity index (χ4n) is 2.84. The van der Waals surface area contributed by atoms with Gasteiger partial charge in [0.25, 0.3) is 10.1 Å². The zero-order valence-electron chi connectivity index (χ0n) is 16.5. The number of rotatable bonds is 4. The van der Waals surface area contributed by atoms with Crippen LogP contribution < -0.4 is 0 Å². The summed E-state index contributed by atoms with van der Waals surface area (Å²) in [4.78, 5) is 24.2. The van der Waals surface area contributed by atoms with Gasteiger partial charge in [-0.2, -0.15) is 21.6 Å². The highest BCUT2D eigenvalue weighted by atomic mass is 32.2. The van der Waals surface area contributed by atoms with Crippen molar-refractivity contribution in [3.05, 3.63) is 29.8 Å². The molecule has 0 bridgehead atoms. The van der Waals surface area contributed by atoms with Crippen LogP contribution in [0.1, 0.15) is 39.2 Å². The minimum atomic E-state index is -4.62. The van der Waals surface area contributed by atoms with Gasteiger partial charge in [-0.05, 0) is 57.9 Å². The Bertz CT molecular complexity index is 892. The summed E-state index contributed by atoms with van der Waals surface area (Å²) in [6.45, 7) is 4.40. The maximum Gasteiger partial charge on any atom is 0.416 e. The zero-order valence-corrected chi connectivity index (χ0v) is 17.3. The normalized spacial score (nSPS) is 20.7. The number of likely N-dealkylation sites (tertiary alicyclic amines) is 1. The number of carbonyl (C=O) groups excluding carboxylic acids is 1. The second-order valence-corrected chi connectivity index (χ2v) is 9.33. The quantitative estimate of drug-likeness (QED) is 0.697. The molecule has 1 aromatic carbocycles. The first kappa shape index (κ1) is 23.9. The van der Waals surface area contributed by atoms with Gasteiger partial charge in [0.1, 0.15) is 11.6 Å². The standard InChI is InChI=1S/C18H22F3NO7S/c1-17(2,3)28-16(25)22-10-12(6-9-14(22)15(23)24)29-30(26,27)13-7-4-11(5-8-13)18(19,20)21/h4-5,7-8,12,14H,6,9-10H2,1-3H3,(H,23,24). The average molecular weight is 453 g/mol. The molecule has 1 N–H and O–H groups in total. The number of nitrogens with zero attached hydrogens (tertiary/aromatic N) is 1. The number of amides is 1. The van der Waals surface area contributed by atoms with Crippen LogP contribution in [0, 0.1) is 0 Å². The smallest absolute Gasteiger partial charge is 0.416 e. The van der Waals surface area contributed by atoms with Gasteiger partial charge < -0.3 is 9.84 Å². The zero-order chi connectivity index (χ0) is 22.9. The van der Waals surface area contributed by atoms with Crippen LogP contribution in [0.4, 0.5) is 18.0 Å². The lowest BCUT2D eigenvalue weighted by Crippen LogP contribution is -2.54. The van der Waals surface area contributed by atoms with Gasteiger partial charge >= 0.3 is 18.2 Å². The van der Waals surface area contributed by atoms with E-state index in [1.165, 1.54) is 0 Å². The van der Waals surface area contributed by atoms with Crippen LogP contribution in [0.25, 0.3) is 0 Å². The van der Waals surface area contributed by atoms with Crippen LogP contribution in [0.15, 0.2) is 29.2 Å². The first-order valence-corrected chi connectivity index (χ1v) is 10.3. The molecule has 0 spiro atoms. The van der Waals surface area contributed by atoms with Crippen molar-refractivity contribution < 1.29 is 45.2 Å². The summed E-state index contributed by atoms with van der Waals surface area (Å²) < 4.78 is 73.1. The lowest BCUT2D eigenvalue weighted by atomic mass is 10.0. The number of hydrogen-bond donors (Lipinski definition) is 1. The number of ether oxygens (including phenoxy) is 1. The average Bonchev–Trinajstić information content (AvgIpc) is 2.59. The van der Waals surface area contributed by atoms with Gasteiger partial charge in [0.2, 0.25) is 0 Å². The number of carboxylic acids is 1. The van der Waals surface area contributed by atoms with E-state index < -0.39 is 56.6 Å². The fourth-order valence-corrected chi connectivity index (χ4v) is 3.94.